The van der Waals surface area contributed by atoms with Crippen LogP contribution in [0.4, 0.5) is 4.39 Å². The van der Waals surface area contributed by atoms with Crippen molar-refractivity contribution in [2.24, 2.45) is 5.92 Å². The summed E-state index contributed by atoms with van der Waals surface area (Å²) in [4.78, 5) is 19.0. The molecule has 1 aliphatic rings. The molecule has 3 aromatic rings. The molecule has 1 aromatic heterocycles. The van der Waals surface area contributed by atoms with Crippen LogP contribution in [0.15, 0.2) is 47.4 Å². The van der Waals surface area contributed by atoms with Gasteiger partial charge >= 0.3 is 0 Å². The van der Waals surface area contributed by atoms with Crippen LogP contribution in [0, 0.1) is 11.7 Å². The molecule has 1 fully saturated rings. The van der Waals surface area contributed by atoms with Crippen molar-refractivity contribution in [2.45, 2.75) is 37.6 Å². The number of rotatable bonds is 7. The number of carbonyl (C=O) groups excluding carboxylic acids is 1. The highest BCUT2D eigenvalue weighted by Crippen LogP contribution is 2.25. The summed E-state index contributed by atoms with van der Waals surface area (Å²) in [5, 5.41) is 10.6. The number of carbonyl (C=O) groups is 1. The van der Waals surface area contributed by atoms with Crippen LogP contribution < -0.4 is 10.2 Å². The van der Waals surface area contributed by atoms with Crippen LogP contribution in [-0.4, -0.2) is 53.5 Å². The van der Waals surface area contributed by atoms with Crippen LogP contribution in [0.3, 0.4) is 0 Å². The molecule has 4 rings (SSSR count). The number of fused-ring (bicyclic) bond motifs is 1. The van der Waals surface area contributed by atoms with Crippen molar-refractivity contribution in [1.82, 2.24) is 24.8 Å². The third kappa shape index (κ3) is 5.14. The first-order valence-corrected chi connectivity index (χ1v) is 12.2. The predicted molar refractivity (Wildman–Crippen MR) is 119 cm³/mol. The summed E-state index contributed by atoms with van der Waals surface area (Å²) in [5.74, 6) is -0.458. The summed E-state index contributed by atoms with van der Waals surface area (Å²) < 4.78 is 40.8. The number of hydrogen-bond acceptors (Lipinski definition) is 6. The Morgan fingerprint density at radius 2 is 2.03 bits per heavy atom. The van der Waals surface area contributed by atoms with E-state index in [1.54, 1.807) is 25.1 Å². The maximum Gasteiger partial charge on any atom is 0.261 e. The average molecular weight is 476 g/mol. The monoisotopic (exact) mass is 475 g/mol. The molecule has 176 valence electrons. The minimum atomic E-state index is -3.66. The summed E-state index contributed by atoms with van der Waals surface area (Å²) in [6, 6.07) is 10.0. The standard InChI is InChI=1S/C22H26FN5O4S/c1-15-4-3-11-27(13-15)33(30,31)19-9-10-20-21(12-19)28(26-25-20)32-14-22(29)24-16(2)17-5-7-18(23)8-6-17/h5-10,12,15-16H,3-4,11,13-14H2,1-2H3,(H,24,29). The van der Waals surface area contributed by atoms with Crippen molar-refractivity contribution in [1.29, 1.82) is 0 Å². The number of nitrogens with zero attached hydrogens (tertiary/aromatic N) is 4. The Kier molecular flexibility index (Phi) is 6.61. The zero-order valence-electron chi connectivity index (χ0n) is 18.4. The zero-order chi connectivity index (χ0) is 23.6. The molecule has 2 unspecified atom stereocenters. The summed E-state index contributed by atoms with van der Waals surface area (Å²) >= 11 is 0. The number of amides is 1. The highest BCUT2D eigenvalue weighted by Gasteiger charge is 2.29. The van der Waals surface area contributed by atoms with Gasteiger partial charge in [0, 0.05) is 13.1 Å². The van der Waals surface area contributed by atoms with Gasteiger partial charge in [-0.1, -0.05) is 23.9 Å². The fourth-order valence-corrected chi connectivity index (χ4v) is 5.50. The van der Waals surface area contributed by atoms with Crippen molar-refractivity contribution in [3.63, 3.8) is 0 Å². The number of aromatic nitrogens is 3. The molecule has 0 bridgehead atoms. The minimum absolute atomic E-state index is 0.130. The maximum absolute atomic E-state index is 13.1. The zero-order valence-corrected chi connectivity index (χ0v) is 19.3. The van der Waals surface area contributed by atoms with Crippen molar-refractivity contribution >= 4 is 27.0 Å². The van der Waals surface area contributed by atoms with E-state index in [0.717, 1.165) is 23.3 Å². The predicted octanol–water partition coefficient (Wildman–Crippen LogP) is 2.30. The van der Waals surface area contributed by atoms with Crippen LogP contribution >= 0.6 is 0 Å². The molecule has 2 aromatic carbocycles. The molecule has 1 aliphatic heterocycles. The molecular weight excluding hydrogens is 449 g/mol. The second-order valence-electron chi connectivity index (χ2n) is 8.34. The third-order valence-electron chi connectivity index (χ3n) is 5.71. The van der Waals surface area contributed by atoms with Crippen LogP contribution in [0.5, 0.6) is 0 Å². The average Bonchev–Trinajstić information content (AvgIpc) is 3.20. The first-order valence-electron chi connectivity index (χ1n) is 10.8. The molecular formula is C22H26FN5O4S. The molecule has 0 radical (unpaired) electrons. The van der Waals surface area contributed by atoms with Gasteiger partial charge in [-0.3, -0.25) is 4.79 Å². The molecule has 1 saturated heterocycles. The van der Waals surface area contributed by atoms with E-state index in [1.165, 1.54) is 28.6 Å². The first kappa shape index (κ1) is 23.1. The second-order valence-corrected chi connectivity index (χ2v) is 10.3. The van der Waals surface area contributed by atoms with Crippen LogP contribution in [0.2, 0.25) is 0 Å². The Labute approximate surface area is 191 Å². The van der Waals surface area contributed by atoms with Crippen LogP contribution in [-0.2, 0) is 14.8 Å². The van der Waals surface area contributed by atoms with Crippen molar-refractivity contribution in [3.05, 3.63) is 53.8 Å². The molecule has 33 heavy (non-hydrogen) atoms. The smallest absolute Gasteiger partial charge is 0.261 e. The highest BCUT2D eigenvalue weighted by molar-refractivity contribution is 7.89. The first-order chi connectivity index (χ1) is 15.7. The Morgan fingerprint density at radius 1 is 1.27 bits per heavy atom. The minimum Gasteiger partial charge on any atom is -0.385 e. The van der Waals surface area contributed by atoms with Gasteiger partial charge in [0.05, 0.1) is 10.9 Å². The fraction of sp³-hybridized carbons (Fsp3) is 0.409. The van der Waals surface area contributed by atoms with Gasteiger partial charge in [-0.05, 0) is 66.8 Å². The van der Waals surface area contributed by atoms with E-state index in [9.17, 15) is 17.6 Å². The van der Waals surface area contributed by atoms with E-state index >= 15 is 0 Å². The molecule has 9 nitrogen and oxygen atoms in total. The van der Waals surface area contributed by atoms with Gasteiger partial charge in [0.15, 0.2) is 6.61 Å². The lowest BCUT2D eigenvalue weighted by atomic mass is 10.0. The Bertz CT molecular complexity index is 1250. The fourth-order valence-electron chi connectivity index (χ4n) is 3.89. The maximum atomic E-state index is 13.1. The number of hydrogen-bond donors (Lipinski definition) is 1. The third-order valence-corrected chi connectivity index (χ3v) is 7.57. The molecule has 2 atom stereocenters. The summed E-state index contributed by atoms with van der Waals surface area (Å²) in [7, 11) is -3.66. The number of halogens is 1. The molecule has 0 saturated carbocycles. The van der Waals surface area contributed by atoms with E-state index in [2.05, 4.69) is 15.6 Å². The lowest BCUT2D eigenvalue weighted by Crippen LogP contribution is -2.39. The Balaban J connectivity index is 1.45. The number of benzene rings is 2. The van der Waals surface area contributed by atoms with Gasteiger partial charge in [0.1, 0.15) is 16.9 Å². The topological polar surface area (TPSA) is 106 Å². The van der Waals surface area contributed by atoms with Crippen LogP contribution in [0.1, 0.15) is 38.3 Å². The number of piperidine rings is 1. The quantitative estimate of drug-likeness (QED) is 0.562. The molecule has 1 N–H and O–H groups in total. The van der Waals surface area contributed by atoms with E-state index in [-0.39, 0.29) is 23.4 Å². The molecule has 0 spiro atoms. The van der Waals surface area contributed by atoms with Gasteiger partial charge in [0.2, 0.25) is 10.0 Å². The second kappa shape index (κ2) is 9.44. The van der Waals surface area contributed by atoms with E-state index in [1.807, 2.05) is 6.92 Å². The lowest BCUT2D eigenvalue weighted by molar-refractivity contribution is -0.127. The Hall–Kier alpha value is -3.05. The molecule has 0 aliphatic carbocycles. The van der Waals surface area contributed by atoms with Crippen molar-refractivity contribution in [3.8, 4) is 0 Å². The molecule has 1 amide bonds. The van der Waals surface area contributed by atoms with E-state index in [0.29, 0.717) is 30.0 Å². The van der Waals surface area contributed by atoms with Crippen molar-refractivity contribution < 1.29 is 22.4 Å². The van der Waals surface area contributed by atoms with Crippen LogP contribution in [0.25, 0.3) is 11.0 Å². The van der Waals surface area contributed by atoms with Gasteiger partial charge in [-0.2, -0.15) is 4.31 Å². The number of nitrogens with one attached hydrogen (secondary N) is 1. The van der Waals surface area contributed by atoms with Gasteiger partial charge in [-0.15, -0.1) is 5.10 Å². The highest BCUT2D eigenvalue weighted by atomic mass is 32.2. The Morgan fingerprint density at radius 3 is 2.76 bits per heavy atom. The number of sulfonamides is 1. The van der Waals surface area contributed by atoms with Gasteiger partial charge in [-0.25, -0.2) is 12.8 Å². The van der Waals surface area contributed by atoms with Crippen molar-refractivity contribution in [2.75, 3.05) is 19.7 Å². The normalized spacial score (nSPS) is 18.2. The summed E-state index contributed by atoms with van der Waals surface area (Å²) in [6.07, 6.45) is 1.84. The lowest BCUT2D eigenvalue weighted by Gasteiger charge is -2.30. The largest absolute Gasteiger partial charge is 0.385 e. The summed E-state index contributed by atoms with van der Waals surface area (Å²) in [6.45, 7) is 4.44. The van der Waals surface area contributed by atoms with E-state index < -0.39 is 15.9 Å². The molecule has 11 heteroatoms. The molecule has 2 heterocycles. The van der Waals surface area contributed by atoms with Gasteiger partial charge in [0.25, 0.3) is 5.91 Å². The SMILES string of the molecule is CC1CCCN(S(=O)(=O)c2ccc3nnn(OCC(=O)NC(C)c4ccc(F)cc4)c3c2)C1. The van der Waals surface area contributed by atoms with E-state index in [4.69, 9.17) is 4.84 Å². The van der Waals surface area contributed by atoms with Gasteiger partial charge < -0.3 is 10.2 Å². The summed E-state index contributed by atoms with van der Waals surface area (Å²) in [5.41, 5.74) is 1.54.